The van der Waals surface area contributed by atoms with Gasteiger partial charge in [0.25, 0.3) is 0 Å². The monoisotopic (exact) mass is 291 g/mol. The first kappa shape index (κ1) is 12.3. The summed E-state index contributed by atoms with van der Waals surface area (Å²) in [5.41, 5.74) is 1.07. The molecule has 0 radical (unpaired) electrons. The van der Waals surface area contributed by atoms with Gasteiger partial charge in [0.05, 0.1) is 22.0 Å². The maximum Gasteiger partial charge on any atom is 0.337 e. The number of hydrogen-bond donors (Lipinski definition) is 1. The number of aromatic nitrogens is 1. The van der Waals surface area contributed by atoms with Crippen molar-refractivity contribution in [2.45, 2.75) is 6.54 Å². The third-order valence-corrected chi connectivity index (χ3v) is 4.19. The number of carbonyl (C=O) groups is 1. The summed E-state index contributed by atoms with van der Waals surface area (Å²) in [4.78, 5) is 12.4. The van der Waals surface area contributed by atoms with E-state index in [1.807, 2.05) is 35.0 Å². The summed E-state index contributed by atoms with van der Waals surface area (Å²) in [5.74, 6) is -0.908. The highest BCUT2D eigenvalue weighted by molar-refractivity contribution is 7.16. The highest BCUT2D eigenvalue weighted by atomic mass is 35.5. The first-order valence-corrected chi connectivity index (χ1v) is 6.90. The van der Waals surface area contributed by atoms with Crippen molar-refractivity contribution >= 4 is 39.8 Å². The first-order chi connectivity index (χ1) is 9.15. The molecule has 0 aliphatic heterocycles. The fraction of sp³-hybridized carbons (Fsp3) is 0.0714. The molecule has 2 heterocycles. The van der Waals surface area contributed by atoms with Crippen molar-refractivity contribution < 1.29 is 9.90 Å². The number of nitrogens with zero attached hydrogens (tertiary/aromatic N) is 1. The minimum Gasteiger partial charge on any atom is -0.478 e. The van der Waals surface area contributed by atoms with Crippen LogP contribution in [0.4, 0.5) is 0 Å². The fourth-order valence-corrected chi connectivity index (χ4v) is 3.26. The minimum absolute atomic E-state index is 0.324. The van der Waals surface area contributed by atoms with Gasteiger partial charge in [0, 0.05) is 16.5 Å². The van der Waals surface area contributed by atoms with E-state index in [0.29, 0.717) is 12.1 Å². The zero-order chi connectivity index (χ0) is 13.4. The maximum absolute atomic E-state index is 11.3. The average molecular weight is 292 g/mol. The van der Waals surface area contributed by atoms with Crippen molar-refractivity contribution in [2.24, 2.45) is 0 Å². The van der Waals surface area contributed by atoms with Crippen molar-refractivity contribution in [1.29, 1.82) is 0 Å². The third kappa shape index (κ3) is 2.25. The number of benzene rings is 1. The molecule has 0 saturated carbocycles. The van der Waals surface area contributed by atoms with E-state index in [-0.39, 0.29) is 0 Å². The Labute approximate surface area is 118 Å². The van der Waals surface area contributed by atoms with Gasteiger partial charge in [-0.1, -0.05) is 23.7 Å². The lowest BCUT2D eigenvalue weighted by Gasteiger charge is -2.06. The molecular weight excluding hydrogens is 282 g/mol. The number of aromatic carboxylic acids is 1. The number of fused-ring (bicyclic) bond motifs is 1. The molecule has 96 valence electrons. The van der Waals surface area contributed by atoms with Gasteiger partial charge in [0.15, 0.2) is 0 Å². The molecule has 0 spiro atoms. The topological polar surface area (TPSA) is 42.2 Å². The van der Waals surface area contributed by atoms with Crippen LogP contribution in [0.5, 0.6) is 0 Å². The zero-order valence-electron chi connectivity index (χ0n) is 9.84. The summed E-state index contributed by atoms with van der Waals surface area (Å²) in [5, 5.41) is 10.2. The van der Waals surface area contributed by atoms with Crippen molar-refractivity contribution in [3.8, 4) is 0 Å². The van der Waals surface area contributed by atoms with Crippen LogP contribution in [0.3, 0.4) is 0 Å². The summed E-state index contributed by atoms with van der Waals surface area (Å²) in [6.07, 6.45) is 1.91. The van der Waals surface area contributed by atoms with E-state index in [0.717, 1.165) is 20.1 Å². The smallest absolute Gasteiger partial charge is 0.337 e. The van der Waals surface area contributed by atoms with Gasteiger partial charge in [-0.05, 0) is 24.3 Å². The molecule has 3 aromatic rings. The zero-order valence-corrected chi connectivity index (χ0v) is 11.4. The normalized spacial score (nSPS) is 11.0. The molecule has 3 rings (SSSR count). The molecule has 19 heavy (non-hydrogen) atoms. The number of hydrogen-bond acceptors (Lipinski definition) is 2. The van der Waals surface area contributed by atoms with Crippen LogP contribution in [0.2, 0.25) is 4.34 Å². The van der Waals surface area contributed by atoms with Crippen LogP contribution < -0.4 is 0 Å². The lowest BCUT2D eigenvalue weighted by molar-refractivity contribution is 0.0698. The van der Waals surface area contributed by atoms with Crippen molar-refractivity contribution in [3.05, 3.63) is 57.4 Å². The Hall–Kier alpha value is -1.78. The molecule has 0 fully saturated rings. The molecular formula is C14H10ClNO2S. The number of halogens is 1. The molecule has 0 aliphatic carbocycles. The Kier molecular flexibility index (Phi) is 3.05. The summed E-state index contributed by atoms with van der Waals surface area (Å²) >= 11 is 7.42. The number of carboxylic acid groups (broad SMARTS) is 1. The molecule has 0 saturated heterocycles. The molecule has 0 bridgehead atoms. The lowest BCUT2D eigenvalue weighted by Crippen LogP contribution is -2.03. The van der Waals surface area contributed by atoms with Crippen LogP contribution in [-0.4, -0.2) is 15.6 Å². The second kappa shape index (κ2) is 4.72. The average Bonchev–Trinajstić information content (AvgIpc) is 2.97. The Morgan fingerprint density at radius 3 is 2.79 bits per heavy atom. The first-order valence-electron chi connectivity index (χ1n) is 5.70. The SMILES string of the molecule is O=C(O)c1cccc2ccn(Cc3ccc(Cl)s3)c12. The number of rotatable bonds is 3. The van der Waals surface area contributed by atoms with E-state index in [9.17, 15) is 9.90 Å². The predicted octanol–water partition coefficient (Wildman–Crippen LogP) is 4.10. The Morgan fingerprint density at radius 2 is 2.11 bits per heavy atom. The van der Waals surface area contributed by atoms with Crippen molar-refractivity contribution in [2.75, 3.05) is 0 Å². The maximum atomic E-state index is 11.3. The minimum atomic E-state index is -0.908. The highest BCUT2D eigenvalue weighted by Crippen LogP contribution is 2.25. The molecule has 3 nitrogen and oxygen atoms in total. The standard InChI is InChI=1S/C14H10ClNO2S/c15-12-5-4-10(19-12)8-16-7-6-9-2-1-3-11(13(9)16)14(17)18/h1-7H,8H2,(H,17,18). The van der Waals surface area contributed by atoms with Crippen LogP contribution >= 0.6 is 22.9 Å². The van der Waals surface area contributed by atoms with Gasteiger partial charge in [-0.2, -0.15) is 0 Å². The van der Waals surface area contributed by atoms with E-state index in [1.54, 1.807) is 12.1 Å². The van der Waals surface area contributed by atoms with E-state index >= 15 is 0 Å². The molecule has 1 aromatic carbocycles. The van der Waals surface area contributed by atoms with Crippen LogP contribution in [-0.2, 0) is 6.54 Å². The van der Waals surface area contributed by atoms with Gasteiger partial charge in [-0.3, -0.25) is 0 Å². The van der Waals surface area contributed by atoms with Gasteiger partial charge in [-0.15, -0.1) is 11.3 Å². The fourth-order valence-electron chi connectivity index (χ4n) is 2.17. The Balaban J connectivity index is 2.11. The summed E-state index contributed by atoms with van der Waals surface area (Å²) in [7, 11) is 0. The van der Waals surface area contributed by atoms with Gasteiger partial charge in [0.1, 0.15) is 0 Å². The number of thiophene rings is 1. The molecule has 5 heteroatoms. The third-order valence-electron chi connectivity index (χ3n) is 2.97. The van der Waals surface area contributed by atoms with Gasteiger partial charge >= 0.3 is 5.97 Å². The molecule has 0 atom stereocenters. The largest absolute Gasteiger partial charge is 0.478 e. The summed E-state index contributed by atoms with van der Waals surface area (Å²) < 4.78 is 2.69. The molecule has 0 unspecified atom stereocenters. The van der Waals surface area contributed by atoms with Crippen LogP contribution in [0.15, 0.2) is 42.6 Å². The number of para-hydroxylation sites is 1. The van der Waals surface area contributed by atoms with Crippen LogP contribution in [0.25, 0.3) is 10.9 Å². The van der Waals surface area contributed by atoms with Gasteiger partial charge in [0.2, 0.25) is 0 Å². The second-order valence-corrected chi connectivity index (χ2v) is 6.00. The Bertz CT molecular complexity index is 760. The Morgan fingerprint density at radius 1 is 1.26 bits per heavy atom. The summed E-state index contributed by atoms with van der Waals surface area (Å²) in [6.45, 7) is 0.630. The molecule has 1 N–H and O–H groups in total. The second-order valence-electron chi connectivity index (χ2n) is 4.20. The molecule has 2 aromatic heterocycles. The van der Waals surface area contributed by atoms with Crippen molar-refractivity contribution in [1.82, 2.24) is 4.57 Å². The van der Waals surface area contributed by atoms with E-state index < -0.39 is 5.97 Å². The van der Waals surface area contributed by atoms with Gasteiger partial charge in [-0.25, -0.2) is 4.79 Å². The van der Waals surface area contributed by atoms with Crippen LogP contribution in [0.1, 0.15) is 15.2 Å². The van der Waals surface area contributed by atoms with Crippen molar-refractivity contribution in [3.63, 3.8) is 0 Å². The molecule has 0 amide bonds. The highest BCUT2D eigenvalue weighted by Gasteiger charge is 2.12. The predicted molar refractivity (Wildman–Crippen MR) is 77.3 cm³/mol. The van der Waals surface area contributed by atoms with Crippen LogP contribution in [0, 0.1) is 0 Å². The van der Waals surface area contributed by atoms with E-state index in [2.05, 4.69) is 0 Å². The molecule has 0 aliphatic rings. The van der Waals surface area contributed by atoms with E-state index in [1.165, 1.54) is 11.3 Å². The number of carboxylic acids is 1. The lowest BCUT2D eigenvalue weighted by atomic mass is 10.1. The van der Waals surface area contributed by atoms with E-state index in [4.69, 9.17) is 11.6 Å². The van der Waals surface area contributed by atoms with Gasteiger partial charge < -0.3 is 9.67 Å². The quantitative estimate of drug-likeness (QED) is 0.789. The summed E-state index contributed by atoms with van der Waals surface area (Å²) in [6, 6.07) is 11.0.